The van der Waals surface area contributed by atoms with Crippen molar-refractivity contribution >= 4 is 61.0 Å². The van der Waals surface area contributed by atoms with Crippen LogP contribution in [0.4, 0.5) is 0 Å². The molecule has 8 aromatic rings. The minimum Gasteiger partial charge on any atom is -0.456 e. The summed E-state index contributed by atoms with van der Waals surface area (Å²) in [5.74, 6) is 1.68. The molecule has 58 heavy (non-hydrogen) atoms. The Morgan fingerprint density at radius 3 is 2.34 bits per heavy atom. The van der Waals surface area contributed by atoms with Crippen LogP contribution in [0.2, 0.25) is 0 Å². The molecular formula is C53H40N4O. The number of hydrogen-bond acceptors (Lipinski definition) is 4. The molecule has 0 fully saturated rings. The van der Waals surface area contributed by atoms with Crippen molar-refractivity contribution in [1.82, 2.24) is 9.88 Å². The maximum atomic E-state index is 6.70. The Morgan fingerprint density at radius 2 is 1.47 bits per heavy atom. The number of aliphatic imine (C=N–C) groups is 2. The lowest BCUT2D eigenvalue weighted by molar-refractivity contribution is 0.655. The van der Waals surface area contributed by atoms with E-state index in [1.165, 1.54) is 49.7 Å². The van der Waals surface area contributed by atoms with Gasteiger partial charge < -0.3 is 14.3 Å². The Balaban J connectivity index is 1.07. The number of rotatable bonds is 5. The van der Waals surface area contributed by atoms with Gasteiger partial charge in [-0.3, -0.25) is 0 Å². The Hall–Kier alpha value is -6.98. The normalized spacial score (nSPS) is 18.2. The fourth-order valence-corrected chi connectivity index (χ4v) is 9.89. The number of allylic oxidation sites excluding steroid dienone is 7. The van der Waals surface area contributed by atoms with Gasteiger partial charge in [0.2, 0.25) is 0 Å². The smallest absolute Gasteiger partial charge is 0.169 e. The summed E-state index contributed by atoms with van der Waals surface area (Å²) in [5, 5.41) is 8.18. The molecule has 0 saturated carbocycles. The third kappa shape index (κ3) is 4.96. The summed E-state index contributed by atoms with van der Waals surface area (Å²) in [4.78, 5) is 10.6. The van der Waals surface area contributed by atoms with E-state index in [0.717, 1.165) is 80.7 Å². The Kier molecular flexibility index (Phi) is 7.16. The number of amidine groups is 2. The van der Waals surface area contributed by atoms with Crippen LogP contribution in [0.15, 0.2) is 183 Å². The van der Waals surface area contributed by atoms with Crippen LogP contribution in [0.25, 0.3) is 66.1 Å². The number of nitrogens with one attached hydrogen (secondary N) is 1. The van der Waals surface area contributed by atoms with Gasteiger partial charge in [-0.25, -0.2) is 9.98 Å². The van der Waals surface area contributed by atoms with E-state index < -0.39 is 6.17 Å². The molecule has 3 aliphatic carbocycles. The van der Waals surface area contributed by atoms with Crippen molar-refractivity contribution in [3.63, 3.8) is 0 Å². The van der Waals surface area contributed by atoms with E-state index >= 15 is 0 Å². The van der Waals surface area contributed by atoms with Crippen molar-refractivity contribution in [1.29, 1.82) is 0 Å². The fraction of sp³-hybridized carbons (Fsp3) is 0.132. The van der Waals surface area contributed by atoms with Crippen LogP contribution in [-0.4, -0.2) is 16.2 Å². The molecule has 0 bridgehead atoms. The first-order valence-corrected chi connectivity index (χ1v) is 20.4. The highest BCUT2D eigenvalue weighted by molar-refractivity contribution is 6.17. The Morgan fingerprint density at radius 1 is 0.690 bits per heavy atom. The van der Waals surface area contributed by atoms with Gasteiger partial charge in [-0.1, -0.05) is 129 Å². The second-order valence-corrected chi connectivity index (χ2v) is 16.5. The van der Waals surface area contributed by atoms with Gasteiger partial charge in [-0.15, -0.1) is 0 Å². The van der Waals surface area contributed by atoms with Crippen molar-refractivity contribution < 1.29 is 4.42 Å². The largest absolute Gasteiger partial charge is 0.456 e. The van der Waals surface area contributed by atoms with Gasteiger partial charge in [-0.05, 0) is 101 Å². The molecule has 0 spiro atoms. The fourth-order valence-electron chi connectivity index (χ4n) is 9.89. The van der Waals surface area contributed by atoms with Gasteiger partial charge >= 0.3 is 0 Å². The van der Waals surface area contributed by atoms with Gasteiger partial charge in [0.05, 0.1) is 22.1 Å². The highest BCUT2D eigenvalue weighted by atomic mass is 16.3. The molecule has 0 saturated heterocycles. The summed E-state index contributed by atoms with van der Waals surface area (Å²) >= 11 is 0. The predicted molar refractivity (Wildman–Crippen MR) is 240 cm³/mol. The zero-order chi connectivity index (χ0) is 38.5. The van der Waals surface area contributed by atoms with Gasteiger partial charge in [0.1, 0.15) is 22.8 Å². The van der Waals surface area contributed by atoms with E-state index in [1.54, 1.807) is 0 Å². The number of nitrogens with zero attached hydrogens (tertiary/aromatic N) is 3. The number of aromatic nitrogens is 1. The second kappa shape index (κ2) is 12.5. The highest BCUT2D eigenvalue weighted by Crippen LogP contribution is 2.51. The third-order valence-electron chi connectivity index (χ3n) is 12.8. The van der Waals surface area contributed by atoms with Crippen LogP contribution < -0.4 is 5.32 Å². The average molecular weight is 749 g/mol. The van der Waals surface area contributed by atoms with E-state index in [4.69, 9.17) is 14.4 Å². The van der Waals surface area contributed by atoms with Crippen molar-refractivity contribution in [2.24, 2.45) is 9.98 Å². The van der Waals surface area contributed by atoms with Gasteiger partial charge in [-0.2, -0.15) is 0 Å². The molecule has 5 heteroatoms. The lowest BCUT2D eigenvalue weighted by Gasteiger charge is -2.24. The molecule has 3 heterocycles. The average Bonchev–Trinajstić information content (AvgIpc) is 4.04. The zero-order valence-corrected chi connectivity index (χ0v) is 32.5. The lowest BCUT2D eigenvalue weighted by Crippen LogP contribution is -2.36. The first kappa shape index (κ1) is 33.2. The SMILES string of the molecule is CC1(C)C2=C(CC=C2)c2ccc(-c3ccc4c(c3)c3ccccc3n4-c3cc(C4N=C(C5=CC=CCC5)NC(c5ccccc5)=N4)cc4oc5ccccc5c34)cc21. The number of hydrogen-bond donors (Lipinski definition) is 1. The third-order valence-corrected chi connectivity index (χ3v) is 12.8. The molecule has 5 nitrogen and oxygen atoms in total. The molecule has 1 aliphatic heterocycles. The van der Waals surface area contributed by atoms with E-state index in [0.29, 0.717) is 0 Å². The molecule has 0 amide bonds. The minimum atomic E-state index is -0.482. The van der Waals surface area contributed by atoms with Crippen LogP contribution in [0.5, 0.6) is 0 Å². The monoisotopic (exact) mass is 748 g/mol. The van der Waals surface area contributed by atoms with Crippen LogP contribution in [0.3, 0.4) is 0 Å². The predicted octanol–water partition coefficient (Wildman–Crippen LogP) is 13.1. The highest BCUT2D eigenvalue weighted by Gasteiger charge is 2.38. The number of furan rings is 1. The maximum Gasteiger partial charge on any atom is 0.169 e. The Bertz CT molecular complexity index is 3250. The van der Waals surface area contributed by atoms with Crippen molar-refractivity contribution in [2.45, 2.75) is 44.7 Å². The molecule has 4 aliphatic rings. The lowest BCUT2D eigenvalue weighted by atomic mass is 9.80. The molecule has 6 aromatic carbocycles. The number of para-hydroxylation sites is 2. The van der Waals surface area contributed by atoms with E-state index in [2.05, 4.69) is 169 Å². The first-order valence-electron chi connectivity index (χ1n) is 20.4. The van der Waals surface area contributed by atoms with Crippen molar-refractivity contribution in [2.75, 3.05) is 0 Å². The van der Waals surface area contributed by atoms with Crippen LogP contribution in [0, 0.1) is 0 Å². The van der Waals surface area contributed by atoms with Gasteiger partial charge in [0, 0.05) is 32.7 Å². The molecule has 0 radical (unpaired) electrons. The summed E-state index contributed by atoms with van der Waals surface area (Å²) in [6.07, 6.45) is 13.6. The van der Waals surface area contributed by atoms with Crippen LogP contribution in [-0.2, 0) is 5.41 Å². The topological polar surface area (TPSA) is 54.8 Å². The maximum absolute atomic E-state index is 6.70. The summed E-state index contributed by atoms with van der Waals surface area (Å²) < 4.78 is 9.13. The molecule has 2 aromatic heterocycles. The van der Waals surface area contributed by atoms with Crippen LogP contribution >= 0.6 is 0 Å². The summed E-state index contributed by atoms with van der Waals surface area (Å²) in [6.45, 7) is 4.74. The first-order chi connectivity index (χ1) is 28.5. The molecule has 278 valence electrons. The number of fused-ring (bicyclic) bond motifs is 8. The van der Waals surface area contributed by atoms with E-state index in [9.17, 15) is 0 Å². The number of benzene rings is 6. The molecular weight excluding hydrogens is 709 g/mol. The minimum absolute atomic E-state index is 0.00688. The quantitative estimate of drug-likeness (QED) is 0.191. The summed E-state index contributed by atoms with van der Waals surface area (Å²) in [7, 11) is 0. The van der Waals surface area contributed by atoms with Crippen molar-refractivity contribution in [3.05, 3.63) is 191 Å². The van der Waals surface area contributed by atoms with E-state index in [-0.39, 0.29) is 5.41 Å². The summed E-state index contributed by atoms with van der Waals surface area (Å²) in [6, 6.07) is 46.0. The van der Waals surface area contributed by atoms with Gasteiger partial charge in [0.25, 0.3) is 0 Å². The molecule has 12 rings (SSSR count). The second-order valence-electron chi connectivity index (χ2n) is 16.5. The molecule has 1 N–H and O–H groups in total. The van der Waals surface area contributed by atoms with Crippen LogP contribution in [0.1, 0.15) is 61.5 Å². The van der Waals surface area contributed by atoms with E-state index in [1.807, 2.05) is 12.1 Å². The van der Waals surface area contributed by atoms with Gasteiger partial charge in [0.15, 0.2) is 6.17 Å². The zero-order valence-electron chi connectivity index (χ0n) is 32.5. The molecule has 1 atom stereocenters. The summed E-state index contributed by atoms with van der Waals surface area (Å²) in [5.41, 5.74) is 16.4. The van der Waals surface area contributed by atoms with Crippen molar-refractivity contribution in [3.8, 4) is 16.8 Å². The Labute approximate surface area is 336 Å². The standard InChI is InChI=1S/C53H40N4O/c1-53(2)42-21-13-20-37(42)38-26-24-35(29-43(38)53)34-25-27-45-41(28-34)39-18-9-11-22-44(39)57(45)46-30-36(31-48-49(46)40-19-10-12-23-47(40)58-48)52-55-50(32-14-5-3-6-15-32)54-51(56-52)33-16-7-4-8-17-33/h3-7,9-16,18-19,21-31,52H,8,17,20H2,1-2H3,(H,54,55,56). The molecule has 1 unspecified atom stereocenters.